The Morgan fingerprint density at radius 2 is 1.87 bits per heavy atom. The fourth-order valence-electron chi connectivity index (χ4n) is 3.75. The molecule has 8 nitrogen and oxygen atoms in total. The molecule has 0 saturated heterocycles. The second-order valence-corrected chi connectivity index (χ2v) is 6.94. The standard InChI is InChI=1S/C23H24N4O4/c1-5-31-22(28)18-14(2)24-23-25-21(15-10-7-6-8-11-15)26-27(23)19(18)16-12-9-13-17(29-3)20(16)30-4/h6-13,19H,5H2,1-4H3,(H,24,25,26). The molecule has 1 aromatic heterocycles. The number of benzene rings is 2. The van der Waals surface area contributed by atoms with Crippen LogP contribution in [0, 0.1) is 0 Å². The highest BCUT2D eigenvalue weighted by Gasteiger charge is 2.37. The predicted molar refractivity (Wildman–Crippen MR) is 116 cm³/mol. The van der Waals surface area contributed by atoms with Gasteiger partial charge in [-0.05, 0) is 19.9 Å². The van der Waals surface area contributed by atoms with Crippen LogP contribution in [-0.4, -0.2) is 41.6 Å². The molecule has 2 aromatic carbocycles. The zero-order valence-corrected chi connectivity index (χ0v) is 17.9. The van der Waals surface area contributed by atoms with Crippen molar-refractivity contribution in [2.75, 3.05) is 26.1 Å². The number of anilines is 1. The highest BCUT2D eigenvalue weighted by atomic mass is 16.5. The minimum atomic E-state index is -0.606. The smallest absolute Gasteiger partial charge is 0.338 e. The van der Waals surface area contributed by atoms with E-state index in [4.69, 9.17) is 19.3 Å². The van der Waals surface area contributed by atoms with Crippen LogP contribution < -0.4 is 14.8 Å². The van der Waals surface area contributed by atoms with Gasteiger partial charge < -0.3 is 19.5 Å². The van der Waals surface area contributed by atoms with E-state index in [0.717, 1.165) is 11.1 Å². The van der Waals surface area contributed by atoms with E-state index >= 15 is 0 Å². The summed E-state index contributed by atoms with van der Waals surface area (Å²) in [7, 11) is 3.15. The number of hydrogen-bond donors (Lipinski definition) is 1. The lowest BCUT2D eigenvalue weighted by Crippen LogP contribution is -2.30. The van der Waals surface area contributed by atoms with Crippen molar-refractivity contribution in [1.82, 2.24) is 14.8 Å². The Morgan fingerprint density at radius 3 is 2.55 bits per heavy atom. The Balaban J connectivity index is 1.93. The van der Waals surface area contributed by atoms with Crippen LogP contribution in [0.15, 0.2) is 59.8 Å². The van der Waals surface area contributed by atoms with Crippen LogP contribution in [0.25, 0.3) is 11.4 Å². The van der Waals surface area contributed by atoms with Crippen LogP contribution >= 0.6 is 0 Å². The second kappa shape index (κ2) is 8.51. The molecule has 1 N–H and O–H groups in total. The van der Waals surface area contributed by atoms with Crippen molar-refractivity contribution < 1.29 is 19.0 Å². The maximum Gasteiger partial charge on any atom is 0.338 e. The molecule has 1 unspecified atom stereocenters. The number of carbonyl (C=O) groups excluding carboxylic acids is 1. The Morgan fingerprint density at radius 1 is 1.10 bits per heavy atom. The van der Waals surface area contributed by atoms with Gasteiger partial charge in [-0.25, -0.2) is 9.48 Å². The van der Waals surface area contributed by atoms with Crippen molar-refractivity contribution >= 4 is 11.9 Å². The lowest BCUT2D eigenvalue weighted by molar-refractivity contribution is -0.139. The van der Waals surface area contributed by atoms with Crippen LogP contribution in [0.2, 0.25) is 0 Å². The van der Waals surface area contributed by atoms with E-state index in [9.17, 15) is 4.79 Å². The third kappa shape index (κ3) is 3.61. The number of rotatable bonds is 6. The highest BCUT2D eigenvalue weighted by Crippen LogP contribution is 2.43. The quantitative estimate of drug-likeness (QED) is 0.607. The van der Waals surface area contributed by atoms with Crippen LogP contribution in [0.3, 0.4) is 0 Å². The van der Waals surface area contributed by atoms with E-state index in [2.05, 4.69) is 10.3 Å². The topological polar surface area (TPSA) is 87.5 Å². The Hall–Kier alpha value is -3.81. The van der Waals surface area contributed by atoms with Gasteiger partial charge in [0.15, 0.2) is 17.3 Å². The lowest BCUT2D eigenvalue weighted by Gasteiger charge is -2.29. The number of nitrogens with one attached hydrogen (secondary N) is 1. The molecule has 0 bridgehead atoms. The van der Waals surface area contributed by atoms with Gasteiger partial charge in [0, 0.05) is 16.8 Å². The maximum atomic E-state index is 13.0. The summed E-state index contributed by atoms with van der Waals surface area (Å²) < 4.78 is 18.2. The third-order valence-corrected chi connectivity index (χ3v) is 5.11. The summed E-state index contributed by atoms with van der Waals surface area (Å²) in [6.45, 7) is 3.86. The zero-order valence-electron chi connectivity index (χ0n) is 17.9. The molecule has 0 fully saturated rings. The van der Waals surface area contributed by atoms with E-state index in [1.807, 2.05) is 55.5 Å². The van der Waals surface area contributed by atoms with Gasteiger partial charge in [0.25, 0.3) is 0 Å². The molecule has 0 radical (unpaired) electrons. The van der Waals surface area contributed by atoms with Gasteiger partial charge in [-0.2, -0.15) is 4.98 Å². The molecule has 8 heteroatoms. The normalized spacial score (nSPS) is 15.2. The average molecular weight is 420 g/mol. The van der Waals surface area contributed by atoms with Gasteiger partial charge >= 0.3 is 5.97 Å². The molecule has 1 aliphatic rings. The van der Waals surface area contributed by atoms with Gasteiger partial charge in [0.1, 0.15) is 6.04 Å². The van der Waals surface area contributed by atoms with Crippen LogP contribution in [-0.2, 0) is 9.53 Å². The van der Waals surface area contributed by atoms with E-state index in [1.165, 1.54) is 0 Å². The molecule has 1 atom stereocenters. The number of hydrogen-bond acceptors (Lipinski definition) is 7. The Kier molecular flexibility index (Phi) is 5.62. The molecule has 0 spiro atoms. The molecule has 3 aromatic rings. The largest absolute Gasteiger partial charge is 0.493 e. The molecular weight excluding hydrogens is 396 g/mol. The number of aromatic nitrogens is 3. The fourth-order valence-corrected chi connectivity index (χ4v) is 3.75. The van der Waals surface area contributed by atoms with Gasteiger partial charge in [0.05, 0.1) is 26.4 Å². The molecule has 2 heterocycles. The summed E-state index contributed by atoms with van der Waals surface area (Å²) in [5, 5.41) is 7.94. The van der Waals surface area contributed by atoms with E-state index in [0.29, 0.717) is 34.5 Å². The first-order chi connectivity index (χ1) is 15.1. The van der Waals surface area contributed by atoms with E-state index in [-0.39, 0.29) is 6.61 Å². The molecule has 0 saturated carbocycles. The first-order valence-electron chi connectivity index (χ1n) is 9.96. The van der Waals surface area contributed by atoms with Crippen LogP contribution in [0.5, 0.6) is 11.5 Å². The van der Waals surface area contributed by atoms with E-state index in [1.54, 1.807) is 25.8 Å². The monoisotopic (exact) mass is 420 g/mol. The summed E-state index contributed by atoms with van der Waals surface area (Å²) in [5.41, 5.74) is 2.67. The Bertz CT molecular complexity index is 1140. The highest BCUT2D eigenvalue weighted by molar-refractivity contribution is 5.92. The molecule has 4 rings (SSSR count). The summed E-state index contributed by atoms with van der Waals surface area (Å²) in [6.07, 6.45) is 0. The Labute approximate surface area is 180 Å². The predicted octanol–water partition coefficient (Wildman–Crippen LogP) is 3.81. The fraction of sp³-hybridized carbons (Fsp3) is 0.261. The number of allylic oxidation sites excluding steroid dienone is 1. The number of nitrogens with zero attached hydrogens (tertiary/aromatic N) is 3. The number of esters is 1. The zero-order chi connectivity index (χ0) is 22.0. The number of methoxy groups -OCH3 is 2. The van der Waals surface area contributed by atoms with Crippen LogP contribution in [0.1, 0.15) is 25.5 Å². The first-order valence-corrected chi connectivity index (χ1v) is 9.96. The van der Waals surface area contributed by atoms with Gasteiger partial charge in [-0.1, -0.05) is 42.5 Å². The van der Waals surface area contributed by atoms with Gasteiger partial charge in [0.2, 0.25) is 5.95 Å². The molecule has 0 amide bonds. The number of ether oxygens (including phenoxy) is 3. The average Bonchev–Trinajstić information content (AvgIpc) is 3.21. The lowest BCUT2D eigenvalue weighted by atomic mass is 9.94. The van der Waals surface area contributed by atoms with Crippen LogP contribution in [0.4, 0.5) is 5.95 Å². The van der Waals surface area contributed by atoms with Crippen molar-refractivity contribution in [2.24, 2.45) is 0 Å². The minimum Gasteiger partial charge on any atom is -0.493 e. The minimum absolute atomic E-state index is 0.261. The van der Waals surface area contributed by atoms with Crippen molar-refractivity contribution in [1.29, 1.82) is 0 Å². The molecule has 31 heavy (non-hydrogen) atoms. The summed E-state index contributed by atoms with van der Waals surface area (Å²) in [5.74, 6) is 1.73. The van der Waals surface area contributed by atoms with Gasteiger partial charge in [-0.3, -0.25) is 0 Å². The molecule has 0 aliphatic carbocycles. The summed E-state index contributed by atoms with van der Waals surface area (Å²) >= 11 is 0. The van der Waals surface area contributed by atoms with Gasteiger partial charge in [-0.15, -0.1) is 5.10 Å². The third-order valence-electron chi connectivity index (χ3n) is 5.11. The van der Waals surface area contributed by atoms with Crippen molar-refractivity contribution in [2.45, 2.75) is 19.9 Å². The number of carbonyl (C=O) groups is 1. The first kappa shape index (κ1) is 20.5. The number of para-hydroxylation sites is 1. The molecule has 1 aliphatic heterocycles. The summed E-state index contributed by atoms with van der Waals surface area (Å²) in [4.78, 5) is 17.6. The summed E-state index contributed by atoms with van der Waals surface area (Å²) in [6, 6.07) is 14.6. The van der Waals surface area contributed by atoms with Crippen molar-refractivity contribution in [3.8, 4) is 22.9 Å². The maximum absolute atomic E-state index is 13.0. The second-order valence-electron chi connectivity index (χ2n) is 6.94. The SMILES string of the molecule is CCOC(=O)C1=C(C)Nc2nc(-c3ccccc3)nn2C1c1cccc(OC)c1OC. The van der Waals surface area contributed by atoms with Crippen molar-refractivity contribution in [3.05, 3.63) is 65.4 Å². The molecule has 160 valence electrons. The van der Waals surface area contributed by atoms with E-state index < -0.39 is 12.0 Å². The molecular formula is C23H24N4O4. The van der Waals surface area contributed by atoms with Crippen molar-refractivity contribution in [3.63, 3.8) is 0 Å². The number of fused-ring (bicyclic) bond motifs is 1.